The predicted molar refractivity (Wildman–Crippen MR) is 52.1 cm³/mol. The Kier molecular flexibility index (Phi) is 6.33. The molecule has 0 amide bonds. The van der Waals surface area contributed by atoms with E-state index in [1.165, 1.54) is 0 Å². The Labute approximate surface area is 128 Å². The second-order valence-corrected chi connectivity index (χ2v) is 3.18. The summed E-state index contributed by atoms with van der Waals surface area (Å²) in [6.07, 6.45) is -2.21. The third kappa shape index (κ3) is 4.78. The quantitative estimate of drug-likeness (QED) is 0.362. The van der Waals surface area contributed by atoms with E-state index >= 15 is 0 Å². The Bertz CT molecular complexity index is 498. The minimum absolute atomic E-state index is 0. The second-order valence-electron chi connectivity index (χ2n) is 3.18. The maximum absolute atomic E-state index is 10.6. The third-order valence-electron chi connectivity index (χ3n) is 1.83. The van der Waals surface area contributed by atoms with Gasteiger partial charge in [0.1, 0.15) is 11.5 Å². The smallest absolute Gasteiger partial charge is 0.545 e. The zero-order chi connectivity index (χ0) is 13.9. The van der Waals surface area contributed by atoms with Gasteiger partial charge in [0.2, 0.25) is 0 Å². The molecule has 0 spiro atoms. The number of carbonyl (C=O) groups excluding carboxylic acids is 1. The molecule has 3 N–H and O–H groups in total. The summed E-state index contributed by atoms with van der Waals surface area (Å²) in [5.41, 5.74) is -0.473. The molecular formula is C10H7NaO8. The number of phenolic OH excluding ortho intramolecular Hbond substituents is 1. The number of aromatic hydroxyl groups is 1. The van der Waals surface area contributed by atoms with Crippen molar-refractivity contribution in [1.29, 1.82) is 0 Å². The van der Waals surface area contributed by atoms with E-state index in [-0.39, 0.29) is 29.6 Å². The first-order chi connectivity index (χ1) is 8.31. The van der Waals surface area contributed by atoms with Crippen LogP contribution in [-0.4, -0.2) is 39.3 Å². The van der Waals surface area contributed by atoms with Crippen molar-refractivity contribution in [2.45, 2.75) is 6.10 Å². The maximum atomic E-state index is 10.6. The average molecular weight is 278 g/mol. The molecule has 8 nitrogen and oxygen atoms in total. The fraction of sp³-hybridized carbons (Fsp3) is 0.100. The van der Waals surface area contributed by atoms with E-state index in [4.69, 9.17) is 15.3 Å². The van der Waals surface area contributed by atoms with Gasteiger partial charge in [-0.1, -0.05) is 0 Å². The van der Waals surface area contributed by atoms with Gasteiger partial charge in [0, 0.05) is 11.6 Å². The van der Waals surface area contributed by atoms with Crippen LogP contribution in [0.25, 0.3) is 0 Å². The SMILES string of the molecule is O=C([O-])c1cc(O)cc(OC(C(=O)O)C(=O)O)c1.[Na+]. The van der Waals surface area contributed by atoms with Gasteiger partial charge in [0.05, 0.1) is 5.97 Å². The number of benzene rings is 1. The normalized spacial score (nSPS) is 9.53. The van der Waals surface area contributed by atoms with Crippen molar-refractivity contribution in [2.75, 3.05) is 0 Å². The van der Waals surface area contributed by atoms with E-state index in [2.05, 4.69) is 4.74 Å². The molecule has 0 aliphatic carbocycles. The van der Waals surface area contributed by atoms with Gasteiger partial charge in [0.15, 0.2) is 0 Å². The van der Waals surface area contributed by atoms with Crippen LogP contribution in [0.15, 0.2) is 18.2 Å². The van der Waals surface area contributed by atoms with Crippen LogP contribution in [0.4, 0.5) is 0 Å². The first-order valence-corrected chi connectivity index (χ1v) is 4.49. The number of carboxylic acids is 3. The van der Waals surface area contributed by atoms with Crippen molar-refractivity contribution in [1.82, 2.24) is 0 Å². The number of carboxylic acid groups (broad SMARTS) is 3. The van der Waals surface area contributed by atoms with Crippen LogP contribution in [-0.2, 0) is 9.59 Å². The van der Waals surface area contributed by atoms with Gasteiger partial charge in [-0.2, -0.15) is 0 Å². The first kappa shape index (κ1) is 17.2. The molecule has 1 aromatic carbocycles. The first-order valence-electron chi connectivity index (χ1n) is 4.49. The van der Waals surface area contributed by atoms with Crippen molar-refractivity contribution in [3.05, 3.63) is 23.8 Å². The molecule has 19 heavy (non-hydrogen) atoms. The van der Waals surface area contributed by atoms with Crippen LogP contribution >= 0.6 is 0 Å². The van der Waals surface area contributed by atoms with Crippen LogP contribution in [0.1, 0.15) is 10.4 Å². The van der Waals surface area contributed by atoms with E-state index in [9.17, 15) is 19.5 Å². The second kappa shape index (κ2) is 6.98. The summed E-state index contributed by atoms with van der Waals surface area (Å²) in [5, 5.41) is 36.8. The van der Waals surface area contributed by atoms with Crippen LogP contribution in [0.2, 0.25) is 0 Å². The summed E-state index contributed by atoms with van der Waals surface area (Å²) >= 11 is 0. The molecule has 0 radical (unpaired) electrons. The Morgan fingerprint density at radius 1 is 1.11 bits per heavy atom. The van der Waals surface area contributed by atoms with Gasteiger partial charge in [-0.25, -0.2) is 9.59 Å². The van der Waals surface area contributed by atoms with Gasteiger partial charge >= 0.3 is 41.5 Å². The van der Waals surface area contributed by atoms with Gasteiger partial charge in [-0.15, -0.1) is 0 Å². The zero-order valence-electron chi connectivity index (χ0n) is 9.69. The Hall–Kier alpha value is -1.77. The molecule has 0 aliphatic rings. The summed E-state index contributed by atoms with van der Waals surface area (Å²) in [6, 6.07) is 2.57. The van der Waals surface area contributed by atoms with E-state index in [0.29, 0.717) is 0 Å². The van der Waals surface area contributed by atoms with Crippen LogP contribution in [0.5, 0.6) is 11.5 Å². The molecule has 0 aromatic heterocycles. The van der Waals surface area contributed by atoms with Crippen molar-refractivity contribution < 1.29 is 69.1 Å². The van der Waals surface area contributed by atoms with Gasteiger partial charge in [-0.3, -0.25) is 0 Å². The fourth-order valence-electron chi connectivity index (χ4n) is 1.11. The Balaban J connectivity index is 0.00000324. The van der Waals surface area contributed by atoms with Crippen LogP contribution in [0, 0.1) is 0 Å². The topological polar surface area (TPSA) is 144 Å². The van der Waals surface area contributed by atoms with Gasteiger partial charge in [-0.05, 0) is 12.1 Å². The van der Waals surface area contributed by atoms with Crippen molar-refractivity contribution >= 4 is 17.9 Å². The Morgan fingerprint density at radius 2 is 1.63 bits per heavy atom. The number of aliphatic carboxylic acids is 2. The number of aromatic carboxylic acids is 1. The summed E-state index contributed by atoms with van der Waals surface area (Å²) in [5.74, 6) is -6.09. The minimum atomic E-state index is -2.21. The zero-order valence-corrected chi connectivity index (χ0v) is 11.7. The molecule has 0 unspecified atom stereocenters. The van der Waals surface area contributed by atoms with E-state index in [1.54, 1.807) is 0 Å². The number of ether oxygens (including phenoxy) is 1. The van der Waals surface area contributed by atoms with Crippen molar-refractivity contribution in [3.8, 4) is 11.5 Å². The number of rotatable bonds is 5. The fourth-order valence-corrected chi connectivity index (χ4v) is 1.11. The monoisotopic (exact) mass is 278 g/mol. The molecule has 0 saturated carbocycles. The minimum Gasteiger partial charge on any atom is -0.545 e. The number of hydrogen-bond donors (Lipinski definition) is 3. The maximum Gasteiger partial charge on any atom is 1.00 e. The summed E-state index contributed by atoms with van der Waals surface area (Å²) in [7, 11) is 0. The van der Waals surface area contributed by atoms with Crippen molar-refractivity contribution in [2.24, 2.45) is 0 Å². The average Bonchev–Trinajstić information content (AvgIpc) is 2.24. The predicted octanol–water partition coefficient (Wildman–Crippen LogP) is -4.32. The standard InChI is InChI=1S/C10H8O8.Na/c11-5-1-4(8(12)13)2-6(3-5)18-7(9(14)15)10(16)17;/h1-3,7,11H,(H,12,13)(H,14,15)(H,16,17);/q;+1/p-1. The molecule has 1 rings (SSSR count). The number of carbonyl (C=O) groups is 3. The van der Waals surface area contributed by atoms with E-state index < -0.39 is 41.1 Å². The largest absolute Gasteiger partial charge is 1.00 e. The van der Waals surface area contributed by atoms with Crippen LogP contribution in [0.3, 0.4) is 0 Å². The molecule has 1 aromatic rings. The molecule has 0 saturated heterocycles. The molecule has 0 heterocycles. The van der Waals surface area contributed by atoms with Crippen LogP contribution < -0.4 is 39.4 Å². The summed E-state index contributed by atoms with van der Waals surface area (Å²) < 4.78 is 4.56. The van der Waals surface area contributed by atoms with Crippen molar-refractivity contribution in [3.63, 3.8) is 0 Å². The number of phenols is 1. The molecule has 0 fully saturated rings. The van der Waals surface area contributed by atoms with Gasteiger partial charge < -0.3 is 30.0 Å². The van der Waals surface area contributed by atoms with E-state index in [1.807, 2.05) is 0 Å². The Morgan fingerprint density at radius 3 is 2.05 bits per heavy atom. The third-order valence-corrected chi connectivity index (χ3v) is 1.83. The molecule has 9 heteroatoms. The van der Waals surface area contributed by atoms with Gasteiger partial charge in [0.25, 0.3) is 6.10 Å². The molecule has 0 atom stereocenters. The molecule has 96 valence electrons. The summed E-state index contributed by atoms with van der Waals surface area (Å²) in [4.78, 5) is 31.7. The summed E-state index contributed by atoms with van der Waals surface area (Å²) in [6.45, 7) is 0. The number of hydrogen-bond acceptors (Lipinski definition) is 6. The molecule has 0 aliphatic heterocycles. The van der Waals surface area contributed by atoms with E-state index in [0.717, 1.165) is 18.2 Å². The molecular weight excluding hydrogens is 271 g/mol. The molecule has 0 bridgehead atoms.